The van der Waals surface area contributed by atoms with E-state index in [1.165, 1.54) is 0 Å². The first-order chi connectivity index (χ1) is 5.72. The standard InChI is InChI=1S/C7H10N4O/c1-5(11-12)4-6-2-3-9-7(8)10-6/h2-3,12H,4H2,1H3,(H2,8,9,10)/b11-5+. The minimum Gasteiger partial charge on any atom is -0.411 e. The van der Waals surface area contributed by atoms with Gasteiger partial charge in [0.25, 0.3) is 0 Å². The van der Waals surface area contributed by atoms with Crippen LogP contribution in [0.1, 0.15) is 12.6 Å². The molecule has 0 bridgehead atoms. The van der Waals surface area contributed by atoms with Gasteiger partial charge in [0, 0.05) is 12.6 Å². The van der Waals surface area contributed by atoms with Gasteiger partial charge < -0.3 is 10.9 Å². The minimum absolute atomic E-state index is 0.234. The molecule has 1 aromatic rings. The highest BCUT2D eigenvalue weighted by atomic mass is 16.4. The number of aromatic nitrogens is 2. The molecule has 0 radical (unpaired) electrons. The summed E-state index contributed by atoms with van der Waals surface area (Å²) >= 11 is 0. The smallest absolute Gasteiger partial charge is 0.220 e. The fourth-order valence-electron chi connectivity index (χ4n) is 0.809. The number of nitrogens with zero attached hydrogens (tertiary/aromatic N) is 3. The maximum atomic E-state index is 8.38. The molecule has 0 saturated heterocycles. The molecule has 0 aliphatic heterocycles. The van der Waals surface area contributed by atoms with E-state index in [0.717, 1.165) is 5.69 Å². The molecule has 0 fully saturated rings. The fraction of sp³-hybridized carbons (Fsp3) is 0.286. The van der Waals surface area contributed by atoms with Gasteiger partial charge in [0.1, 0.15) is 0 Å². The Morgan fingerprint density at radius 1 is 1.75 bits per heavy atom. The third-order valence-corrected chi connectivity index (χ3v) is 1.34. The van der Waals surface area contributed by atoms with Crippen LogP contribution in [0.15, 0.2) is 17.4 Å². The van der Waals surface area contributed by atoms with Crippen molar-refractivity contribution >= 4 is 11.7 Å². The summed E-state index contributed by atoms with van der Waals surface area (Å²) in [5.41, 5.74) is 6.69. The van der Waals surface area contributed by atoms with Gasteiger partial charge in [-0.2, -0.15) is 0 Å². The van der Waals surface area contributed by atoms with Crippen molar-refractivity contribution in [2.45, 2.75) is 13.3 Å². The number of nitrogens with two attached hydrogens (primary N) is 1. The first-order valence-corrected chi connectivity index (χ1v) is 3.47. The summed E-state index contributed by atoms with van der Waals surface area (Å²) in [7, 11) is 0. The molecule has 5 nitrogen and oxygen atoms in total. The van der Waals surface area contributed by atoms with Crippen molar-refractivity contribution < 1.29 is 5.21 Å². The third-order valence-electron chi connectivity index (χ3n) is 1.34. The molecule has 0 aliphatic carbocycles. The number of nitrogen functional groups attached to an aromatic ring is 1. The Balaban J connectivity index is 2.76. The summed E-state index contributed by atoms with van der Waals surface area (Å²) in [6.45, 7) is 1.71. The summed E-state index contributed by atoms with van der Waals surface area (Å²) in [5, 5.41) is 11.4. The molecule has 12 heavy (non-hydrogen) atoms. The number of hydrogen-bond acceptors (Lipinski definition) is 5. The third kappa shape index (κ3) is 2.19. The van der Waals surface area contributed by atoms with Crippen LogP contribution in [0.5, 0.6) is 0 Å². The Bertz CT molecular complexity index is 297. The van der Waals surface area contributed by atoms with Crippen molar-refractivity contribution in [1.82, 2.24) is 9.97 Å². The predicted molar refractivity (Wildman–Crippen MR) is 45.0 cm³/mol. The molecule has 0 amide bonds. The number of hydrogen-bond donors (Lipinski definition) is 2. The summed E-state index contributed by atoms with van der Waals surface area (Å²) in [6.07, 6.45) is 2.06. The molecule has 0 atom stereocenters. The number of anilines is 1. The summed E-state index contributed by atoms with van der Waals surface area (Å²) < 4.78 is 0. The van der Waals surface area contributed by atoms with Gasteiger partial charge in [-0.3, -0.25) is 0 Å². The summed E-state index contributed by atoms with van der Waals surface area (Å²) in [4.78, 5) is 7.67. The van der Waals surface area contributed by atoms with Gasteiger partial charge in [-0.05, 0) is 13.0 Å². The van der Waals surface area contributed by atoms with E-state index < -0.39 is 0 Å². The molecular weight excluding hydrogens is 156 g/mol. The highest BCUT2D eigenvalue weighted by Gasteiger charge is 1.98. The van der Waals surface area contributed by atoms with Crippen LogP contribution in [0.2, 0.25) is 0 Å². The molecule has 0 aliphatic rings. The molecular formula is C7H10N4O. The average molecular weight is 166 g/mol. The lowest BCUT2D eigenvalue weighted by Crippen LogP contribution is -2.03. The van der Waals surface area contributed by atoms with E-state index in [1.54, 1.807) is 19.2 Å². The molecule has 0 aromatic carbocycles. The highest BCUT2D eigenvalue weighted by molar-refractivity contribution is 5.83. The van der Waals surface area contributed by atoms with Crippen LogP contribution in [0.4, 0.5) is 5.95 Å². The Hall–Kier alpha value is -1.65. The minimum atomic E-state index is 0.234. The van der Waals surface area contributed by atoms with E-state index in [9.17, 15) is 0 Å². The molecule has 5 heteroatoms. The lowest BCUT2D eigenvalue weighted by atomic mass is 10.2. The second-order valence-electron chi connectivity index (χ2n) is 2.42. The molecule has 1 aromatic heterocycles. The molecule has 3 N–H and O–H groups in total. The van der Waals surface area contributed by atoms with Gasteiger partial charge in [-0.15, -0.1) is 0 Å². The lowest BCUT2D eigenvalue weighted by Gasteiger charge is -1.98. The second kappa shape index (κ2) is 3.66. The van der Waals surface area contributed by atoms with Crippen molar-refractivity contribution in [1.29, 1.82) is 0 Å². The van der Waals surface area contributed by atoms with Gasteiger partial charge >= 0.3 is 0 Å². The fourth-order valence-corrected chi connectivity index (χ4v) is 0.809. The summed E-state index contributed by atoms with van der Waals surface area (Å²) in [5.74, 6) is 0.234. The maximum absolute atomic E-state index is 8.38. The number of oxime groups is 1. The van der Waals surface area contributed by atoms with Crippen LogP contribution in [0.3, 0.4) is 0 Å². The van der Waals surface area contributed by atoms with E-state index in [2.05, 4.69) is 15.1 Å². The maximum Gasteiger partial charge on any atom is 0.220 e. The number of rotatable bonds is 2. The van der Waals surface area contributed by atoms with Crippen LogP contribution < -0.4 is 5.73 Å². The van der Waals surface area contributed by atoms with Crippen LogP contribution in [-0.2, 0) is 6.42 Å². The molecule has 0 unspecified atom stereocenters. The Morgan fingerprint density at radius 2 is 2.50 bits per heavy atom. The van der Waals surface area contributed by atoms with Crippen LogP contribution in [0, 0.1) is 0 Å². The lowest BCUT2D eigenvalue weighted by molar-refractivity contribution is 0.317. The first-order valence-electron chi connectivity index (χ1n) is 3.47. The van der Waals surface area contributed by atoms with Crippen molar-refractivity contribution in [2.24, 2.45) is 5.16 Å². The van der Waals surface area contributed by atoms with Gasteiger partial charge in [-0.25, -0.2) is 9.97 Å². The van der Waals surface area contributed by atoms with E-state index in [1.807, 2.05) is 0 Å². The van der Waals surface area contributed by atoms with Crippen LogP contribution >= 0.6 is 0 Å². The van der Waals surface area contributed by atoms with Crippen molar-refractivity contribution in [3.05, 3.63) is 18.0 Å². The quantitative estimate of drug-likeness (QED) is 0.379. The average Bonchev–Trinajstić information content (AvgIpc) is 2.04. The first kappa shape index (κ1) is 8.45. The van der Waals surface area contributed by atoms with Gasteiger partial charge in [-0.1, -0.05) is 5.16 Å². The van der Waals surface area contributed by atoms with Crippen molar-refractivity contribution in [2.75, 3.05) is 5.73 Å². The molecule has 1 rings (SSSR count). The second-order valence-corrected chi connectivity index (χ2v) is 2.42. The molecule has 64 valence electrons. The highest BCUT2D eigenvalue weighted by Crippen LogP contribution is 1.98. The Morgan fingerprint density at radius 3 is 3.08 bits per heavy atom. The predicted octanol–water partition coefficient (Wildman–Crippen LogP) is 0.451. The van der Waals surface area contributed by atoms with Gasteiger partial charge in [0.2, 0.25) is 5.95 Å². The van der Waals surface area contributed by atoms with Crippen molar-refractivity contribution in [3.63, 3.8) is 0 Å². The van der Waals surface area contributed by atoms with E-state index in [0.29, 0.717) is 12.1 Å². The largest absolute Gasteiger partial charge is 0.411 e. The van der Waals surface area contributed by atoms with Crippen LogP contribution in [-0.4, -0.2) is 20.9 Å². The Kier molecular flexibility index (Phi) is 2.57. The van der Waals surface area contributed by atoms with Gasteiger partial charge in [0.05, 0.1) is 11.4 Å². The monoisotopic (exact) mass is 166 g/mol. The van der Waals surface area contributed by atoms with Crippen molar-refractivity contribution in [3.8, 4) is 0 Å². The zero-order chi connectivity index (χ0) is 8.97. The van der Waals surface area contributed by atoms with Crippen LogP contribution in [0.25, 0.3) is 0 Å². The van der Waals surface area contributed by atoms with E-state index in [4.69, 9.17) is 10.9 Å². The Labute approximate surface area is 69.9 Å². The SMILES string of the molecule is C/C(Cc1ccnc(N)n1)=N\O. The topological polar surface area (TPSA) is 84.4 Å². The molecule has 0 saturated carbocycles. The van der Waals surface area contributed by atoms with E-state index in [-0.39, 0.29) is 5.95 Å². The normalized spacial score (nSPS) is 11.6. The van der Waals surface area contributed by atoms with E-state index >= 15 is 0 Å². The molecule has 0 spiro atoms. The zero-order valence-electron chi connectivity index (χ0n) is 6.73. The zero-order valence-corrected chi connectivity index (χ0v) is 6.73. The summed E-state index contributed by atoms with van der Waals surface area (Å²) in [6, 6.07) is 1.73. The van der Waals surface area contributed by atoms with Gasteiger partial charge in [0.15, 0.2) is 0 Å². The molecule has 1 heterocycles.